The number of unbranched alkanes of at least 4 members (excludes halogenated alkanes) is 1. The van der Waals surface area contributed by atoms with Crippen molar-refractivity contribution in [1.29, 1.82) is 0 Å². The average molecular weight is 461 g/mol. The van der Waals surface area contributed by atoms with Crippen LogP contribution in [0.1, 0.15) is 73.6 Å². The second-order valence-corrected chi connectivity index (χ2v) is 10.1. The molecule has 0 aliphatic rings. The first-order chi connectivity index (χ1) is 15.0. The van der Waals surface area contributed by atoms with Gasteiger partial charge in [0.2, 0.25) is 11.8 Å². The van der Waals surface area contributed by atoms with E-state index >= 15 is 0 Å². The Bertz CT molecular complexity index is 486. The monoisotopic (exact) mass is 460 g/mol. The Balaban J connectivity index is 3.27. The zero-order chi connectivity index (χ0) is 24.3. The van der Waals surface area contributed by atoms with Crippen LogP contribution in [0.5, 0.6) is 0 Å². The Kier molecular flexibility index (Phi) is 17.5. The minimum atomic E-state index is -0.216. The Morgan fingerprint density at radius 1 is 0.625 bits per heavy atom. The van der Waals surface area contributed by atoms with E-state index in [1.807, 2.05) is 20.8 Å². The number of carbonyl (C=O) groups is 2. The third-order valence-corrected chi connectivity index (χ3v) is 4.25. The van der Waals surface area contributed by atoms with Gasteiger partial charge in [0.05, 0.1) is 52.9 Å². The topological polar surface area (TPSA) is 95.1 Å². The molecule has 190 valence electrons. The van der Waals surface area contributed by atoms with Crippen LogP contribution in [0.15, 0.2) is 0 Å². The van der Waals surface area contributed by atoms with E-state index in [-0.39, 0.29) is 17.4 Å². The van der Waals surface area contributed by atoms with Gasteiger partial charge in [0.25, 0.3) is 0 Å². The molecule has 0 radical (unpaired) electrons. The highest BCUT2D eigenvalue weighted by Gasteiger charge is 2.13. The van der Waals surface area contributed by atoms with Crippen molar-refractivity contribution in [3.63, 3.8) is 0 Å². The van der Waals surface area contributed by atoms with Crippen molar-refractivity contribution in [3.8, 4) is 0 Å². The first kappa shape index (κ1) is 30.8. The average Bonchev–Trinajstić information content (AvgIpc) is 2.66. The number of amides is 2. The fourth-order valence-electron chi connectivity index (χ4n) is 2.70. The van der Waals surface area contributed by atoms with E-state index in [2.05, 4.69) is 31.4 Å². The van der Waals surface area contributed by atoms with Gasteiger partial charge in [0.1, 0.15) is 0 Å². The zero-order valence-corrected chi connectivity index (χ0v) is 21.3. The third kappa shape index (κ3) is 25.0. The second kappa shape index (κ2) is 18.2. The predicted molar refractivity (Wildman–Crippen MR) is 127 cm³/mol. The van der Waals surface area contributed by atoms with Crippen LogP contribution in [0.4, 0.5) is 0 Å². The Morgan fingerprint density at radius 3 is 1.62 bits per heavy atom. The Hall–Kier alpha value is -1.22. The van der Waals surface area contributed by atoms with E-state index in [4.69, 9.17) is 18.9 Å². The molecule has 0 atom stereocenters. The summed E-state index contributed by atoms with van der Waals surface area (Å²) in [5, 5.41) is 5.77. The summed E-state index contributed by atoms with van der Waals surface area (Å²) in [5.74, 6) is 0.0797. The van der Waals surface area contributed by atoms with Crippen LogP contribution in [-0.4, -0.2) is 76.8 Å². The first-order valence-corrected chi connectivity index (χ1v) is 11.9. The van der Waals surface area contributed by atoms with Crippen molar-refractivity contribution in [2.45, 2.75) is 79.2 Å². The molecule has 0 aliphatic carbocycles. The zero-order valence-electron chi connectivity index (χ0n) is 21.3. The van der Waals surface area contributed by atoms with Gasteiger partial charge in [0.15, 0.2) is 0 Å². The maximum absolute atomic E-state index is 11.7. The summed E-state index contributed by atoms with van der Waals surface area (Å²) < 4.78 is 21.7. The molecule has 0 aliphatic heterocycles. The highest BCUT2D eigenvalue weighted by atomic mass is 16.6. The summed E-state index contributed by atoms with van der Waals surface area (Å²) in [7, 11) is 0. The molecular formula is C24H48N2O6. The number of rotatable bonds is 19. The molecule has 0 bridgehead atoms. The van der Waals surface area contributed by atoms with Crippen LogP contribution in [-0.2, 0) is 28.5 Å². The van der Waals surface area contributed by atoms with Gasteiger partial charge in [-0.1, -0.05) is 27.2 Å². The van der Waals surface area contributed by atoms with Crippen LogP contribution in [0, 0.1) is 5.41 Å². The summed E-state index contributed by atoms with van der Waals surface area (Å²) >= 11 is 0. The minimum Gasteiger partial charge on any atom is -0.379 e. The van der Waals surface area contributed by atoms with Gasteiger partial charge in [-0.25, -0.2) is 0 Å². The normalized spacial score (nSPS) is 12.1. The standard InChI is InChI=1S/C24H48N2O6/c1-23(2,3)11-8-7-9-21(27)25-12-14-30-16-18-32-20-19-31-17-15-29-13-10-22(28)26-24(4,5)6/h7-20H2,1-6H3,(H,25,27)(H,26,28). The Labute approximate surface area is 195 Å². The molecule has 0 unspecified atom stereocenters. The van der Waals surface area contributed by atoms with Crippen molar-refractivity contribution < 1.29 is 28.5 Å². The minimum absolute atomic E-state index is 0.0111. The molecule has 8 heteroatoms. The summed E-state index contributed by atoms with van der Waals surface area (Å²) in [6.07, 6.45) is 4.08. The van der Waals surface area contributed by atoms with Gasteiger partial charge in [-0.05, 0) is 39.0 Å². The van der Waals surface area contributed by atoms with E-state index in [0.717, 1.165) is 19.3 Å². The lowest BCUT2D eigenvalue weighted by Crippen LogP contribution is -2.40. The molecule has 0 saturated carbocycles. The summed E-state index contributed by atoms with van der Waals surface area (Å²) in [6, 6.07) is 0. The molecule has 0 spiro atoms. The maximum Gasteiger partial charge on any atom is 0.222 e. The molecule has 0 aromatic carbocycles. The number of nitrogens with one attached hydrogen (secondary N) is 2. The fraction of sp³-hybridized carbons (Fsp3) is 0.917. The summed E-state index contributed by atoms with van der Waals surface area (Å²) in [6.45, 7) is 16.8. The highest BCUT2D eigenvalue weighted by Crippen LogP contribution is 2.21. The largest absolute Gasteiger partial charge is 0.379 e. The van der Waals surface area contributed by atoms with Gasteiger partial charge in [-0.15, -0.1) is 0 Å². The van der Waals surface area contributed by atoms with Crippen LogP contribution in [0.25, 0.3) is 0 Å². The molecule has 0 saturated heterocycles. The van der Waals surface area contributed by atoms with Gasteiger partial charge >= 0.3 is 0 Å². The highest BCUT2D eigenvalue weighted by molar-refractivity contribution is 5.76. The predicted octanol–water partition coefficient (Wildman–Crippen LogP) is 3.08. The third-order valence-electron chi connectivity index (χ3n) is 4.25. The second-order valence-electron chi connectivity index (χ2n) is 10.1. The molecule has 0 fully saturated rings. The summed E-state index contributed by atoms with van der Waals surface area (Å²) in [4.78, 5) is 23.3. The molecule has 2 N–H and O–H groups in total. The first-order valence-electron chi connectivity index (χ1n) is 11.9. The van der Waals surface area contributed by atoms with E-state index in [9.17, 15) is 9.59 Å². The molecule has 0 rings (SSSR count). The number of hydrogen-bond donors (Lipinski definition) is 2. The maximum atomic E-state index is 11.7. The lowest BCUT2D eigenvalue weighted by molar-refractivity contribution is -0.124. The SMILES string of the molecule is CC(C)(C)CCCCC(=O)NCCOCCOCCOCCOCCC(=O)NC(C)(C)C. The van der Waals surface area contributed by atoms with Crippen molar-refractivity contribution in [2.24, 2.45) is 5.41 Å². The molecule has 2 amide bonds. The van der Waals surface area contributed by atoms with E-state index in [1.165, 1.54) is 0 Å². The molecule has 0 aromatic heterocycles. The molecule has 32 heavy (non-hydrogen) atoms. The van der Waals surface area contributed by atoms with Crippen molar-refractivity contribution in [2.75, 3.05) is 59.4 Å². The quantitative estimate of drug-likeness (QED) is 0.288. The molecule has 8 nitrogen and oxygen atoms in total. The number of hydrogen-bond acceptors (Lipinski definition) is 6. The molecule has 0 aromatic rings. The fourth-order valence-corrected chi connectivity index (χ4v) is 2.70. The van der Waals surface area contributed by atoms with E-state index in [1.54, 1.807) is 0 Å². The van der Waals surface area contributed by atoms with Crippen LogP contribution >= 0.6 is 0 Å². The van der Waals surface area contributed by atoms with E-state index < -0.39 is 0 Å². The van der Waals surface area contributed by atoms with Crippen molar-refractivity contribution in [1.82, 2.24) is 10.6 Å². The van der Waals surface area contributed by atoms with Crippen LogP contribution < -0.4 is 10.6 Å². The van der Waals surface area contributed by atoms with Crippen molar-refractivity contribution in [3.05, 3.63) is 0 Å². The van der Waals surface area contributed by atoms with Gasteiger partial charge < -0.3 is 29.6 Å². The van der Waals surface area contributed by atoms with Gasteiger partial charge in [-0.3, -0.25) is 9.59 Å². The van der Waals surface area contributed by atoms with Gasteiger partial charge in [0, 0.05) is 24.9 Å². The Morgan fingerprint density at radius 2 is 1.12 bits per heavy atom. The lowest BCUT2D eigenvalue weighted by Gasteiger charge is -2.20. The lowest BCUT2D eigenvalue weighted by atomic mass is 9.89. The van der Waals surface area contributed by atoms with Gasteiger partial charge in [-0.2, -0.15) is 0 Å². The summed E-state index contributed by atoms with van der Waals surface area (Å²) in [5.41, 5.74) is 0.117. The van der Waals surface area contributed by atoms with Crippen LogP contribution in [0.3, 0.4) is 0 Å². The van der Waals surface area contributed by atoms with Crippen LogP contribution in [0.2, 0.25) is 0 Å². The molecule has 0 heterocycles. The number of carbonyl (C=O) groups excluding carboxylic acids is 2. The number of ether oxygens (including phenoxy) is 4. The smallest absolute Gasteiger partial charge is 0.222 e. The van der Waals surface area contributed by atoms with Crippen molar-refractivity contribution >= 4 is 11.8 Å². The molecular weight excluding hydrogens is 412 g/mol. The van der Waals surface area contributed by atoms with E-state index in [0.29, 0.717) is 77.7 Å².